The summed E-state index contributed by atoms with van der Waals surface area (Å²) in [5.74, 6) is 0.650. The summed E-state index contributed by atoms with van der Waals surface area (Å²) in [5, 5.41) is 8.72. The molecule has 1 aliphatic rings. The molecule has 0 atom stereocenters. The first-order valence-electron chi connectivity index (χ1n) is 7.87. The Hall–Kier alpha value is -1.06. The zero-order valence-corrected chi connectivity index (χ0v) is 13.1. The highest BCUT2D eigenvalue weighted by Crippen LogP contribution is 2.33. The van der Waals surface area contributed by atoms with Crippen LogP contribution in [0.5, 0.6) is 0 Å². The molecule has 0 bridgehead atoms. The molecule has 0 unspecified atom stereocenters. The topological polar surface area (TPSA) is 57.6 Å². The van der Waals surface area contributed by atoms with Gasteiger partial charge in [0.2, 0.25) is 5.91 Å². The van der Waals surface area contributed by atoms with Gasteiger partial charge >= 0.3 is 5.97 Å². The molecule has 0 aromatic heterocycles. The van der Waals surface area contributed by atoms with Crippen LogP contribution in [-0.4, -0.2) is 35.5 Å². The van der Waals surface area contributed by atoms with E-state index in [1.54, 1.807) is 7.05 Å². The predicted octanol–water partition coefficient (Wildman–Crippen LogP) is 3.16. The third-order valence-corrected chi connectivity index (χ3v) is 4.34. The van der Waals surface area contributed by atoms with Crippen LogP contribution in [0.2, 0.25) is 0 Å². The zero-order chi connectivity index (χ0) is 15.1. The average Bonchev–Trinajstić information content (AvgIpc) is 2.37. The summed E-state index contributed by atoms with van der Waals surface area (Å²) in [5.41, 5.74) is 0. The van der Waals surface area contributed by atoms with Gasteiger partial charge in [0.25, 0.3) is 0 Å². The molecule has 20 heavy (non-hydrogen) atoms. The second kappa shape index (κ2) is 8.28. The fourth-order valence-electron chi connectivity index (χ4n) is 3.11. The number of hydrogen-bond acceptors (Lipinski definition) is 2. The Kier molecular flexibility index (Phi) is 7.03. The van der Waals surface area contributed by atoms with Crippen molar-refractivity contribution in [2.24, 2.45) is 17.8 Å². The van der Waals surface area contributed by atoms with Crippen LogP contribution < -0.4 is 0 Å². The second-order valence-electron chi connectivity index (χ2n) is 6.63. The minimum Gasteiger partial charge on any atom is -0.480 e. The number of carboxylic acids is 1. The lowest BCUT2D eigenvalue weighted by Crippen LogP contribution is -2.38. The molecule has 1 N–H and O–H groups in total. The molecule has 0 aromatic rings. The Morgan fingerprint density at radius 3 is 2.30 bits per heavy atom. The van der Waals surface area contributed by atoms with Crippen molar-refractivity contribution in [2.75, 3.05) is 13.6 Å². The standard InChI is InChI=1S/C16H29NO3/c1-12(2)5-4-6-13-7-9-14(10-8-13)16(20)17(3)11-15(18)19/h12-14H,4-11H2,1-3H3,(H,18,19). The molecule has 0 radical (unpaired) electrons. The molecule has 1 aliphatic carbocycles. The lowest BCUT2D eigenvalue weighted by Gasteiger charge is -2.30. The van der Waals surface area contributed by atoms with E-state index in [1.807, 2.05) is 0 Å². The fraction of sp³-hybridized carbons (Fsp3) is 0.875. The number of amides is 1. The Labute approximate surface area is 122 Å². The number of rotatable bonds is 7. The zero-order valence-electron chi connectivity index (χ0n) is 13.1. The largest absolute Gasteiger partial charge is 0.480 e. The van der Waals surface area contributed by atoms with Crippen molar-refractivity contribution >= 4 is 11.9 Å². The van der Waals surface area contributed by atoms with Crippen molar-refractivity contribution in [3.63, 3.8) is 0 Å². The Morgan fingerprint density at radius 1 is 1.20 bits per heavy atom. The summed E-state index contributed by atoms with van der Waals surface area (Å²) in [6.45, 7) is 4.33. The van der Waals surface area contributed by atoms with Gasteiger partial charge in [-0.3, -0.25) is 9.59 Å². The van der Waals surface area contributed by atoms with Crippen molar-refractivity contribution in [3.05, 3.63) is 0 Å². The van der Waals surface area contributed by atoms with Gasteiger partial charge in [0.05, 0.1) is 0 Å². The highest BCUT2D eigenvalue weighted by Gasteiger charge is 2.28. The van der Waals surface area contributed by atoms with E-state index in [9.17, 15) is 9.59 Å². The van der Waals surface area contributed by atoms with Crippen molar-refractivity contribution < 1.29 is 14.7 Å². The quantitative estimate of drug-likeness (QED) is 0.780. The smallest absolute Gasteiger partial charge is 0.323 e. The second-order valence-corrected chi connectivity index (χ2v) is 6.63. The van der Waals surface area contributed by atoms with E-state index in [-0.39, 0.29) is 18.4 Å². The molecule has 1 saturated carbocycles. The van der Waals surface area contributed by atoms with Gasteiger partial charge in [-0.05, 0) is 37.5 Å². The summed E-state index contributed by atoms with van der Waals surface area (Å²) in [6.07, 6.45) is 7.96. The maximum atomic E-state index is 12.1. The molecule has 116 valence electrons. The molecule has 0 saturated heterocycles. The molecule has 0 heterocycles. The third kappa shape index (κ3) is 5.93. The lowest BCUT2D eigenvalue weighted by molar-refractivity contribution is -0.145. The summed E-state index contributed by atoms with van der Waals surface area (Å²) in [4.78, 5) is 24.1. The normalized spacial score (nSPS) is 22.8. The van der Waals surface area contributed by atoms with Gasteiger partial charge in [-0.2, -0.15) is 0 Å². The summed E-state index contributed by atoms with van der Waals surface area (Å²) in [7, 11) is 1.59. The maximum absolute atomic E-state index is 12.1. The van der Waals surface area contributed by atoms with Crippen molar-refractivity contribution in [3.8, 4) is 0 Å². The van der Waals surface area contributed by atoms with Crippen LogP contribution in [0, 0.1) is 17.8 Å². The number of carbonyl (C=O) groups is 2. The first-order chi connectivity index (χ1) is 9.40. The van der Waals surface area contributed by atoms with Crippen LogP contribution >= 0.6 is 0 Å². The predicted molar refractivity (Wildman–Crippen MR) is 79.4 cm³/mol. The van der Waals surface area contributed by atoms with E-state index in [2.05, 4.69) is 13.8 Å². The highest BCUT2D eigenvalue weighted by molar-refractivity contribution is 5.82. The van der Waals surface area contributed by atoms with Crippen molar-refractivity contribution in [1.82, 2.24) is 4.90 Å². The number of carbonyl (C=O) groups excluding carboxylic acids is 1. The van der Waals surface area contributed by atoms with Gasteiger partial charge in [-0.15, -0.1) is 0 Å². The summed E-state index contributed by atoms with van der Waals surface area (Å²) in [6, 6.07) is 0. The molecular weight excluding hydrogens is 254 g/mol. The summed E-state index contributed by atoms with van der Waals surface area (Å²) >= 11 is 0. The lowest BCUT2D eigenvalue weighted by atomic mass is 9.79. The van der Waals surface area contributed by atoms with Gasteiger partial charge < -0.3 is 10.0 Å². The number of likely N-dealkylation sites (N-methyl/N-ethyl adjacent to an activating group) is 1. The van der Waals surface area contributed by atoms with E-state index in [4.69, 9.17) is 5.11 Å². The van der Waals surface area contributed by atoms with E-state index >= 15 is 0 Å². The maximum Gasteiger partial charge on any atom is 0.323 e. The van der Waals surface area contributed by atoms with Crippen LogP contribution in [0.15, 0.2) is 0 Å². The molecule has 1 rings (SSSR count). The molecular formula is C16H29NO3. The molecule has 0 spiro atoms. The van der Waals surface area contributed by atoms with Crippen LogP contribution in [0.25, 0.3) is 0 Å². The average molecular weight is 283 g/mol. The van der Waals surface area contributed by atoms with Crippen LogP contribution in [0.4, 0.5) is 0 Å². The SMILES string of the molecule is CC(C)CCCC1CCC(C(=O)N(C)CC(=O)O)CC1. The van der Waals surface area contributed by atoms with Gasteiger partial charge in [0, 0.05) is 13.0 Å². The number of hydrogen-bond donors (Lipinski definition) is 1. The van der Waals surface area contributed by atoms with Crippen molar-refractivity contribution in [1.29, 1.82) is 0 Å². The number of aliphatic carboxylic acids is 1. The summed E-state index contributed by atoms with van der Waals surface area (Å²) < 4.78 is 0. The van der Waals surface area contributed by atoms with E-state index in [0.717, 1.165) is 37.5 Å². The van der Waals surface area contributed by atoms with Gasteiger partial charge in [0.1, 0.15) is 6.54 Å². The molecule has 1 fully saturated rings. The number of nitrogens with zero attached hydrogens (tertiary/aromatic N) is 1. The van der Waals surface area contributed by atoms with Crippen molar-refractivity contribution in [2.45, 2.75) is 58.8 Å². The molecule has 0 aliphatic heterocycles. The van der Waals surface area contributed by atoms with Gasteiger partial charge in [-0.25, -0.2) is 0 Å². The minimum atomic E-state index is -0.941. The van der Waals surface area contributed by atoms with Crippen LogP contribution in [0.3, 0.4) is 0 Å². The first-order valence-corrected chi connectivity index (χ1v) is 7.87. The van der Waals surface area contributed by atoms with Crippen LogP contribution in [-0.2, 0) is 9.59 Å². The molecule has 4 nitrogen and oxygen atoms in total. The fourth-order valence-corrected chi connectivity index (χ4v) is 3.11. The molecule has 4 heteroatoms. The first kappa shape index (κ1) is 17.0. The Bertz CT molecular complexity index is 320. The molecule has 0 aromatic carbocycles. The third-order valence-electron chi connectivity index (χ3n) is 4.34. The Morgan fingerprint density at radius 2 is 1.80 bits per heavy atom. The van der Waals surface area contributed by atoms with E-state index < -0.39 is 5.97 Å². The number of carboxylic acid groups (broad SMARTS) is 1. The molecule has 1 amide bonds. The minimum absolute atomic E-state index is 0.00744. The van der Waals surface area contributed by atoms with Gasteiger partial charge in [0.15, 0.2) is 0 Å². The van der Waals surface area contributed by atoms with E-state index in [1.165, 1.54) is 24.2 Å². The Balaban J connectivity index is 2.27. The van der Waals surface area contributed by atoms with Gasteiger partial charge in [-0.1, -0.05) is 33.1 Å². The highest BCUT2D eigenvalue weighted by atomic mass is 16.4. The van der Waals surface area contributed by atoms with E-state index in [0.29, 0.717) is 0 Å². The monoisotopic (exact) mass is 283 g/mol. The van der Waals surface area contributed by atoms with Crippen LogP contribution in [0.1, 0.15) is 58.8 Å².